The molecule has 0 bridgehead atoms. The van der Waals surface area contributed by atoms with E-state index >= 15 is 0 Å². The number of Topliss-reactive ketones (excluding diaryl/α,β-unsaturated/α-hetero) is 1. The number of aromatic carboxylic acids is 1. The monoisotopic (exact) mass is 569 g/mol. The predicted octanol–water partition coefficient (Wildman–Crippen LogP) is 4.25. The zero-order valence-electron chi connectivity index (χ0n) is 21.1. The number of ketones is 1. The summed E-state index contributed by atoms with van der Waals surface area (Å²) in [6, 6.07) is 19.6. The van der Waals surface area contributed by atoms with Gasteiger partial charge in [0.25, 0.3) is 5.56 Å². The summed E-state index contributed by atoms with van der Waals surface area (Å²) in [4.78, 5) is 50.4. The summed E-state index contributed by atoms with van der Waals surface area (Å²) in [6.45, 7) is 1.40. The first-order valence-corrected chi connectivity index (χ1v) is 12.2. The fourth-order valence-corrected chi connectivity index (χ4v) is 4.29. The van der Waals surface area contributed by atoms with Crippen LogP contribution >= 0.6 is 11.6 Å². The van der Waals surface area contributed by atoms with Crippen molar-refractivity contribution in [1.29, 1.82) is 0 Å². The van der Waals surface area contributed by atoms with E-state index in [1.807, 2.05) is 30.3 Å². The Balaban J connectivity index is 0.00000441. The molecule has 11 heteroatoms. The molecule has 0 saturated carbocycles. The average Bonchev–Trinajstić information content (AvgIpc) is 2.92. The van der Waals surface area contributed by atoms with Crippen LogP contribution in [0.3, 0.4) is 0 Å². The zero-order chi connectivity index (χ0) is 28.1. The first kappa shape index (κ1) is 30.8. The molecular formula is C29H25ClN3NaO6. The summed E-state index contributed by atoms with van der Waals surface area (Å²) in [6.07, 6.45) is 0.130. The van der Waals surface area contributed by atoms with Crippen molar-refractivity contribution in [3.63, 3.8) is 0 Å². The quantitative estimate of drug-likeness (QED) is 0.228. The maximum absolute atomic E-state index is 13.5. The van der Waals surface area contributed by atoms with Crippen molar-refractivity contribution in [2.45, 2.75) is 19.4 Å². The van der Waals surface area contributed by atoms with Crippen molar-refractivity contribution < 1.29 is 24.2 Å². The van der Waals surface area contributed by atoms with Crippen molar-refractivity contribution in [2.75, 3.05) is 12.4 Å². The first-order chi connectivity index (χ1) is 18.7. The van der Waals surface area contributed by atoms with E-state index in [0.717, 1.165) is 10.2 Å². The fourth-order valence-electron chi connectivity index (χ4n) is 4.11. The van der Waals surface area contributed by atoms with Crippen LogP contribution in [0.25, 0.3) is 11.1 Å². The first-order valence-electron chi connectivity index (χ1n) is 11.8. The molecule has 1 amide bonds. The van der Waals surface area contributed by atoms with Gasteiger partial charge >= 0.3 is 35.5 Å². The number of carbonyl (C=O) groups is 3. The van der Waals surface area contributed by atoms with Gasteiger partial charge in [-0.25, -0.2) is 9.48 Å². The number of nitrogens with zero attached hydrogens (tertiary/aromatic N) is 2. The van der Waals surface area contributed by atoms with E-state index in [4.69, 9.17) is 21.4 Å². The van der Waals surface area contributed by atoms with Gasteiger partial charge in [0.05, 0.1) is 18.2 Å². The van der Waals surface area contributed by atoms with Gasteiger partial charge in [-0.05, 0) is 60.5 Å². The van der Waals surface area contributed by atoms with Crippen LogP contribution in [0.1, 0.15) is 39.2 Å². The van der Waals surface area contributed by atoms with Gasteiger partial charge in [0.15, 0.2) is 5.78 Å². The number of hydrogen-bond donors (Lipinski definition) is 2. The van der Waals surface area contributed by atoms with Crippen molar-refractivity contribution in [3.05, 3.63) is 111 Å². The minimum atomic E-state index is -1.09. The molecule has 0 aliphatic heterocycles. The number of halogens is 1. The number of hydrogen-bond acceptors (Lipinski definition) is 6. The van der Waals surface area contributed by atoms with Crippen LogP contribution in [-0.4, -0.2) is 69.2 Å². The Bertz CT molecular complexity index is 1610. The number of anilines is 1. The summed E-state index contributed by atoms with van der Waals surface area (Å²) < 4.78 is 6.53. The zero-order valence-corrected chi connectivity index (χ0v) is 21.8. The molecule has 1 aromatic heterocycles. The molecule has 0 spiro atoms. The van der Waals surface area contributed by atoms with Gasteiger partial charge < -0.3 is 15.2 Å². The Morgan fingerprint density at radius 1 is 1.00 bits per heavy atom. The van der Waals surface area contributed by atoms with E-state index in [2.05, 4.69) is 10.4 Å². The number of carbonyl (C=O) groups excluding carboxylic acids is 2. The number of benzene rings is 3. The number of carboxylic acid groups (broad SMARTS) is 1. The summed E-state index contributed by atoms with van der Waals surface area (Å²) in [7, 11) is 1.37. The average molecular weight is 570 g/mol. The van der Waals surface area contributed by atoms with Crippen molar-refractivity contribution in [3.8, 4) is 17.0 Å². The standard InChI is InChI=1S/C29H24ClN3O6.Na.H/c1-17(34)22-13-10-20(30)15-23(22)24-16-26(35)33(32-28(24)39-2)25(14-18-6-4-3-5-7-18)27(36)31-21-11-8-19(9-12-21)29(37)38;;/h3-13,15-16,25H,14H2,1-2H3,(H,31,36)(H,37,38);;. The third kappa shape index (κ3) is 7.05. The molecule has 1 heterocycles. The molecule has 2 N–H and O–H groups in total. The summed E-state index contributed by atoms with van der Waals surface area (Å²) in [5, 5.41) is 16.6. The van der Waals surface area contributed by atoms with Crippen LogP contribution in [-0.2, 0) is 11.2 Å². The molecular weight excluding hydrogens is 545 g/mol. The van der Waals surface area contributed by atoms with Crippen molar-refractivity contribution in [1.82, 2.24) is 9.78 Å². The molecule has 0 aliphatic carbocycles. The maximum atomic E-state index is 13.5. The number of aromatic nitrogens is 2. The molecule has 9 nitrogen and oxygen atoms in total. The fraction of sp³-hybridized carbons (Fsp3) is 0.138. The van der Waals surface area contributed by atoms with Crippen molar-refractivity contribution in [2.24, 2.45) is 0 Å². The normalized spacial score (nSPS) is 11.2. The van der Waals surface area contributed by atoms with Crippen molar-refractivity contribution >= 4 is 64.5 Å². The van der Waals surface area contributed by atoms with E-state index in [9.17, 15) is 19.2 Å². The Kier molecular flexibility index (Phi) is 10.4. The predicted molar refractivity (Wildman–Crippen MR) is 154 cm³/mol. The molecule has 3 aromatic carbocycles. The van der Waals surface area contributed by atoms with Crippen LogP contribution in [0.4, 0.5) is 5.69 Å². The van der Waals surface area contributed by atoms with Gasteiger partial charge in [0.1, 0.15) is 6.04 Å². The third-order valence-electron chi connectivity index (χ3n) is 6.04. The number of ether oxygens (including phenoxy) is 1. The molecule has 4 aromatic rings. The van der Waals surface area contributed by atoms with Crippen LogP contribution in [0.2, 0.25) is 5.02 Å². The van der Waals surface area contributed by atoms with Gasteiger partial charge in [-0.15, -0.1) is 5.10 Å². The second kappa shape index (κ2) is 13.5. The summed E-state index contributed by atoms with van der Waals surface area (Å²) in [5.41, 5.74) is 1.57. The number of rotatable bonds is 9. The molecule has 1 atom stereocenters. The van der Waals surface area contributed by atoms with Crippen LogP contribution < -0.4 is 15.6 Å². The van der Waals surface area contributed by atoms with Gasteiger partial charge in [0.2, 0.25) is 11.8 Å². The molecule has 0 aliphatic rings. The summed E-state index contributed by atoms with van der Waals surface area (Å²) >= 11 is 6.18. The second-order valence-corrected chi connectivity index (χ2v) is 9.11. The minimum absolute atomic E-state index is 0. The van der Waals surface area contributed by atoms with Crippen LogP contribution in [0.5, 0.6) is 5.88 Å². The molecule has 40 heavy (non-hydrogen) atoms. The molecule has 0 radical (unpaired) electrons. The van der Waals surface area contributed by atoms with E-state index < -0.39 is 23.5 Å². The SMILES string of the molecule is COc1nn(C(Cc2ccccc2)C(=O)Nc2ccc(C(=O)O)cc2)c(=O)cc1-c1cc(Cl)ccc1C(C)=O.[NaH]. The summed E-state index contributed by atoms with van der Waals surface area (Å²) in [5.74, 6) is -1.84. The molecule has 200 valence electrons. The van der Waals surface area contributed by atoms with Gasteiger partial charge in [-0.2, -0.15) is 0 Å². The second-order valence-electron chi connectivity index (χ2n) is 8.67. The van der Waals surface area contributed by atoms with E-state index in [0.29, 0.717) is 21.8 Å². The molecule has 1 unspecified atom stereocenters. The van der Waals surface area contributed by atoms with E-state index in [1.165, 1.54) is 44.4 Å². The molecule has 0 fully saturated rings. The number of carboxylic acids is 1. The van der Waals surface area contributed by atoms with E-state index in [-0.39, 0.29) is 58.8 Å². The molecule has 4 rings (SSSR count). The van der Waals surface area contributed by atoms with Gasteiger partial charge in [-0.3, -0.25) is 14.4 Å². The van der Waals surface area contributed by atoms with E-state index in [1.54, 1.807) is 18.2 Å². The Labute approximate surface area is 257 Å². The Morgan fingerprint density at radius 2 is 1.68 bits per heavy atom. The number of amides is 1. The Hall–Kier alpha value is -3.76. The topological polar surface area (TPSA) is 128 Å². The number of methoxy groups -OCH3 is 1. The Morgan fingerprint density at radius 3 is 2.27 bits per heavy atom. The van der Waals surface area contributed by atoms with Crippen LogP contribution in [0.15, 0.2) is 83.7 Å². The van der Waals surface area contributed by atoms with Gasteiger partial charge in [0, 0.05) is 28.8 Å². The number of nitrogens with one attached hydrogen (secondary N) is 1. The van der Waals surface area contributed by atoms with Crippen LogP contribution in [0, 0.1) is 0 Å². The molecule has 0 saturated heterocycles. The third-order valence-corrected chi connectivity index (χ3v) is 6.27. The van der Waals surface area contributed by atoms with Gasteiger partial charge in [-0.1, -0.05) is 41.9 Å².